The Morgan fingerprint density at radius 3 is 3.00 bits per heavy atom. The number of anilines is 1. The molecule has 134 valence electrons. The first-order valence-electron chi connectivity index (χ1n) is 8.50. The smallest absolute Gasteiger partial charge is 0.223 e. The first kappa shape index (κ1) is 17.6. The zero-order valence-electron chi connectivity index (χ0n) is 14.6. The van der Waals surface area contributed by atoms with E-state index in [1.165, 1.54) is 0 Å². The summed E-state index contributed by atoms with van der Waals surface area (Å²) in [5, 5.41) is 9.40. The number of likely N-dealkylation sites (tertiary alicyclic amines) is 1. The van der Waals surface area contributed by atoms with Gasteiger partial charge < -0.3 is 21.3 Å². The molecule has 1 aromatic heterocycles. The van der Waals surface area contributed by atoms with Gasteiger partial charge in [0.25, 0.3) is 0 Å². The molecule has 0 atom stereocenters. The predicted octanol–water partition coefficient (Wildman–Crippen LogP) is 1.99. The van der Waals surface area contributed by atoms with E-state index < -0.39 is 0 Å². The number of rotatable bonds is 6. The van der Waals surface area contributed by atoms with Gasteiger partial charge in [-0.05, 0) is 37.7 Å². The lowest BCUT2D eigenvalue weighted by atomic mass is 10.2. The van der Waals surface area contributed by atoms with E-state index in [-0.39, 0.29) is 5.91 Å². The molecule has 0 unspecified atom stereocenters. The molecule has 2 aliphatic heterocycles. The highest BCUT2D eigenvalue weighted by atomic mass is 32.2. The van der Waals surface area contributed by atoms with Crippen LogP contribution in [0.1, 0.15) is 37.4 Å². The highest BCUT2D eigenvalue weighted by Gasteiger charge is 2.19. The number of carbonyl (C=O) groups excluding carboxylic acids is 1. The van der Waals surface area contributed by atoms with Crippen LogP contribution in [-0.2, 0) is 4.79 Å². The summed E-state index contributed by atoms with van der Waals surface area (Å²) in [6.07, 6.45) is 4.31. The van der Waals surface area contributed by atoms with E-state index in [1.807, 2.05) is 24.2 Å². The molecule has 4 N–H and O–H groups in total. The predicted molar refractivity (Wildman–Crippen MR) is 101 cm³/mol. The molecule has 1 amide bonds. The lowest BCUT2D eigenvalue weighted by molar-refractivity contribution is -0.127. The van der Waals surface area contributed by atoms with Crippen molar-refractivity contribution in [3.63, 3.8) is 0 Å². The molecule has 0 spiro atoms. The molecule has 0 bridgehead atoms. The first-order chi connectivity index (χ1) is 12.0. The Hall–Kier alpha value is -2.22. The monoisotopic (exact) mass is 360 g/mol. The minimum atomic E-state index is 0.263. The Bertz CT molecular complexity index is 730. The van der Waals surface area contributed by atoms with E-state index in [0.29, 0.717) is 18.1 Å². The van der Waals surface area contributed by atoms with Crippen LogP contribution in [0.3, 0.4) is 0 Å². The molecule has 3 heterocycles. The van der Waals surface area contributed by atoms with E-state index in [9.17, 15) is 4.79 Å². The fraction of sp³-hybridized carbons (Fsp3) is 0.471. The van der Waals surface area contributed by atoms with Crippen LogP contribution in [0, 0.1) is 6.92 Å². The van der Waals surface area contributed by atoms with Crippen LogP contribution < -0.4 is 16.4 Å². The molecule has 7 nitrogen and oxygen atoms in total. The van der Waals surface area contributed by atoms with Gasteiger partial charge >= 0.3 is 0 Å². The third-order valence-electron chi connectivity index (χ3n) is 4.20. The van der Waals surface area contributed by atoms with E-state index >= 15 is 0 Å². The van der Waals surface area contributed by atoms with Crippen molar-refractivity contribution in [2.24, 2.45) is 5.73 Å². The van der Waals surface area contributed by atoms with Crippen molar-refractivity contribution >= 4 is 29.3 Å². The van der Waals surface area contributed by atoms with Gasteiger partial charge in [0.1, 0.15) is 5.03 Å². The number of nitrogens with one attached hydrogen (secondary N) is 2. The molecule has 3 rings (SSSR count). The van der Waals surface area contributed by atoms with Crippen molar-refractivity contribution in [3.05, 3.63) is 33.6 Å². The van der Waals surface area contributed by atoms with Crippen LogP contribution in [0.25, 0.3) is 5.70 Å². The average Bonchev–Trinajstić information content (AvgIpc) is 3.21. The molecule has 1 aromatic rings. The Labute approximate surface area is 152 Å². The second kappa shape index (κ2) is 7.77. The summed E-state index contributed by atoms with van der Waals surface area (Å²) in [6.45, 7) is 6.33. The first-order valence-corrected chi connectivity index (χ1v) is 9.38. The number of hydrogen-bond acceptors (Lipinski definition) is 7. The standard InChI is InChI=1S/C17H24N6OS/c1-11-9-20-17(19-6-4-8-23-7-3-5-13(23)24)22-15(11)14(18)16-21-12(2)10-25-16/h9-10,21H,3-8,18H2,1-2H3,(H,19,20,22)/b16-14+. The minimum absolute atomic E-state index is 0.263. The molecule has 1 saturated heterocycles. The summed E-state index contributed by atoms with van der Waals surface area (Å²) in [7, 11) is 0. The lowest BCUT2D eigenvalue weighted by Crippen LogP contribution is -2.27. The maximum atomic E-state index is 11.6. The third-order valence-corrected chi connectivity index (χ3v) is 5.22. The molecule has 0 radical (unpaired) electrons. The van der Waals surface area contributed by atoms with E-state index in [1.54, 1.807) is 18.0 Å². The molecule has 8 heteroatoms. The zero-order valence-corrected chi connectivity index (χ0v) is 15.4. The van der Waals surface area contributed by atoms with Crippen molar-refractivity contribution in [1.29, 1.82) is 0 Å². The Morgan fingerprint density at radius 2 is 2.32 bits per heavy atom. The minimum Gasteiger partial charge on any atom is -0.395 e. The van der Waals surface area contributed by atoms with E-state index in [2.05, 4.69) is 20.6 Å². The normalized spacial score (nSPS) is 19.0. The van der Waals surface area contributed by atoms with Crippen molar-refractivity contribution in [1.82, 2.24) is 20.2 Å². The fourth-order valence-electron chi connectivity index (χ4n) is 2.83. The van der Waals surface area contributed by atoms with Crippen molar-refractivity contribution in [3.8, 4) is 0 Å². The van der Waals surface area contributed by atoms with Gasteiger partial charge in [0.15, 0.2) is 0 Å². The summed E-state index contributed by atoms with van der Waals surface area (Å²) in [5.41, 5.74) is 9.66. The molecule has 0 saturated carbocycles. The number of carbonyl (C=O) groups is 1. The van der Waals surface area contributed by atoms with Gasteiger partial charge in [0, 0.05) is 37.9 Å². The SMILES string of the molecule is CC1=CS/C(=C(/N)c2nc(NCCCN3CCCC3=O)ncc2C)N1. The number of hydrogen-bond donors (Lipinski definition) is 3. The van der Waals surface area contributed by atoms with Crippen LogP contribution >= 0.6 is 11.8 Å². The zero-order chi connectivity index (χ0) is 17.8. The van der Waals surface area contributed by atoms with Gasteiger partial charge in [-0.25, -0.2) is 9.97 Å². The number of allylic oxidation sites excluding steroid dienone is 1. The van der Waals surface area contributed by atoms with Crippen LogP contribution in [0.4, 0.5) is 5.95 Å². The topological polar surface area (TPSA) is 96.2 Å². The number of nitrogens with two attached hydrogens (primary N) is 1. The van der Waals surface area contributed by atoms with Gasteiger partial charge in [-0.3, -0.25) is 4.79 Å². The maximum Gasteiger partial charge on any atom is 0.223 e. The summed E-state index contributed by atoms with van der Waals surface area (Å²) in [5.74, 6) is 0.823. The van der Waals surface area contributed by atoms with Crippen molar-refractivity contribution < 1.29 is 4.79 Å². The van der Waals surface area contributed by atoms with Gasteiger partial charge in [0.2, 0.25) is 11.9 Å². The molecule has 0 aliphatic carbocycles. The molecular formula is C17H24N6OS. The van der Waals surface area contributed by atoms with Gasteiger partial charge in [-0.2, -0.15) is 0 Å². The van der Waals surface area contributed by atoms with Crippen molar-refractivity contribution in [2.75, 3.05) is 25.0 Å². The highest BCUT2D eigenvalue weighted by molar-refractivity contribution is 8.06. The highest BCUT2D eigenvalue weighted by Crippen LogP contribution is 2.29. The number of aryl methyl sites for hydroxylation is 1. The molecular weight excluding hydrogens is 336 g/mol. The van der Waals surface area contributed by atoms with E-state index in [0.717, 1.165) is 54.5 Å². The van der Waals surface area contributed by atoms with Crippen molar-refractivity contribution in [2.45, 2.75) is 33.1 Å². The number of amides is 1. The second-order valence-corrected chi connectivity index (χ2v) is 7.16. The van der Waals surface area contributed by atoms with Gasteiger partial charge in [0.05, 0.1) is 11.4 Å². The molecule has 25 heavy (non-hydrogen) atoms. The Balaban J connectivity index is 1.59. The Morgan fingerprint density at radius 1 is 1.48 bits per heavy atom. The lowest BCUT2D eigenvalue weighted by Gasteiger charge is -2.15. The average molecular weight is 360 g/mol. The second-order valence-electron chi connectivity index (χ2n) is 6.28. The summed E-state index contributed by atoms with van der Waals surface area (Å²) >= 11 is 1.57. The quantitative estimate of drug-likeness (QED) is 0.668. The van der Waals surface area contributed by atoms with Crippen LogP contribution in [0.2, 0.25) is 0 Å². The third kappa shape index (κ3) is 4.25. The van der Waals surface area contributed by atoms with Crippen LogP contribution in [-0.4, -0.2) is 40.4 Å². The van der Waals surface area contributed by atoms with Gasteiger partial charge in [-0.1, -0.05) is 11.8 Å². The summed E-state index contributed by atoms with van der Waals surface area (Å²) in [6, 6.07) is 0. The number of nitrogens with zero attached hydrogens (tertiary/aromatic N) is 3. The summed E-state index contributed by atoms with van der Waals surface area (Å²) in [4.78, 5) is 22.4. The van der Waals surface area contributed by atoms with Crippen LogP contribution in [0.5, 0.6) is 0 Å². The Kier molecular flexibility index (Phi) is 5.47. The van der Waals surface area contributed by atoms with E-state index in [4.69, 9.17) is 5.73 Å². The maximum absolute atomic E-state index is 11.6. The molecule has 0 aromatic carbocycles. The largest absolute Gasteiger partial charge is 0.395 e. The fourth-order valence-corrected chi connectivity index (χ4v) is 3.63. The number of thioether (sulfide) groups is 1. The number of aromatic nitrogens is 2. The molecule has 1 fully saturated rings. The van der Waals surface area contributed by atoms with Gasteiger partial charge in [-0.15, -0.1) is 0 Å². The molecule has 2 aliphatic rings. The van der Waals surface area contributed by atoms with Crippen LogP contribution in [0.15, 0.2) is 22.3 Å². The summed E-state index contributed by atoms with van der Waals surface area (Å²) < 4.78 is 0.